The summed E-state index contributed by atoms with van der Waals surface area (Å²) in [6.07, 6.45) is 4.09. The van der Waals surface area contributed by atoms with Gasteiger partial charge < -0.3 is 11.1 Å². The van der Waals surface area contributed by atoms with Gasteiger partial charge in [-0.1, -0.05) is 0 Å². The summed E-state index contributed by atoms with van der Waals surface area (Å²) in [5.74, 6) is 0.0131. The number of amides is 1. The average molecular weight is 193 g/mol. The van der Waals surface area contributed by atoms with E-state index < -0.39 is 0 Å². The topological polar surface area (TPSA) is 55.1 Å². The smallest absolute Gasteiger partial charge is 0.220 e. The number of halogens is 1. The zero-order valence-electron chi connectivity index (χ0n) is 7.38. The minimum atomic E-state index is -0.125. The van der Waals surface area contributed by atoms with Crippen molar-refractivity contribution in [3.8, 4) is 0 Å². The summed E-state index contributed by atoms with van der Waals surface area (Å²) in [6.45, 7) is 0. The molecular weight excluding hydrogens is 176 g/mol. The van der Waals surface area contributed by atoms with Crippen molar-refractivity contribution in [3.63, 3.8) is 0 Å². The van der Waals surface area contributed by atoms with Gasteiger partial charge in [-0.25, -0.2) is 0 Å². The maximum Gasteiger partial charge on any atom is 0.220 e. The Morgan fingerprint density at radius 3 is 2.17 bits per heavy atom. The molecule has 3 N–H and O–H groups in total. The Labute approximate surface area is 79.5 Å². The molecule has 1 aliphatic carbocycles. The zero-order valence-corrected chi connectivity index (χ0v) is 8.19. The van der Waals surface area contributed by atoms with Crippen molar-refractivity contribution in [3.05, 3.63) is 0 Å². The minimum Gasteiger partial charge on any atom is -0.369 e. The van der Waals surface area contributed by atoms with Gasteiger partial charge in [-0.05, 0) is 32.7 Å². The van der Waals surface area contributed by atoms with Crippen molar-refractivity contribution in [2.45, 2.75) is 31.7 Å². The molecule has 0 atom stereocenters. The van der Waals surface area contributed by atoms with E-state index in [-0.39, 0.29) is 24.2 Å². The van der Waals surface area contributed by atoms with Gasteiger partial charge in [-0.3, -0.25) is 4.79 Å². The van der Waals surface area contributed by atoms with Gasteiger partial charge in [0, 0.05) is 12.0 Å². The first-order valence-electron chi connectivity index (χ1n) is 4.20. The van der Waals surface area contributed by atoms with Gasteiger partial charge in [-0.2, -0.15) is 0 Å². The van der Waals surface area contributed by atoms with Crippen LogP contribution in [0.1, 0.15) is 25.7 Å². The Bertz CT molecular complexity index is 144. The van der Waals surface area contributed by atoms with Gasteiger partial charge in [0.2, 0.25) is 5.91 Å². The van der Waals surface area contributed by atoms with Crippen molar-refractivity contribution in [1.29, 1.82) is 0 Å². The van der Waals surface area contributed by atoms with Crippen molar-refractivity contribution < 1.29 is 4.79 Å². The molecule has 0 spiro atoms. The van der Waals surface area contributed by atoms with Crippen LogP contribution in [0.2, 0.25) is 0 Å². The number of hydrogen-bond acceptors (Lipinski definition) is 2. The largest absolute Gasteiger partial charge is 0.369 e. The predicted octanol–water partition coefficient (Wildman–Crippen LogP) is 0.672. The molecular formula is C8H17ClN2O. The van der Waals surface area contributed by atoms with E-state index in [9.17, 15) is 4.79 Å². The highest BCUT2D eigenvalue weighted by molar-refractivity contribution is 5.85. The maximum atomic E-state index is 10.8. The van der Waals surface area contributed by atoms with Crippen molar-refractivity contribution in [2.24, 2.45) is 11.7 Å². The first-order valence-corrected chi connectivity index (χ1v) is 4.20. The van der Waals surface area contributed by atoms with E-state index in [1.165, 1.54) is 0 Å². The first-order chi connectivity index (χ1) is 5.24. The minimum absolute atomic E-state index is 0. The lowest BCUT2D eigenvalue weighted by molar-refractivity contribution is -0.122. The Hall–Kier alpha value is -0.280. The highest BCUT2D eigenvalue weighted by Gasteiger charge is 2.23. The molecule has 4 heteroatoms. The van der Waals surface area contributed by atoms with Gasteiger partial charge in [0.1, 0.15) is 0 Å². The van der Waals surface area contributed by atoms with E-state index >= 15 is 0 Å². The Kier molecular flexibility index (Phi) is 5.25. The third-order valence-corrected chi connectivity index (χ3v) is 2.54. The molecule has 0 radical (unpaired) electrons. The molecule has 1 rings (SSSR count). The molecule has 0 unspecified atom stereocenters. The zero-order chi connectivity index (χ0) is 8.27. The second-order valence-corrected chi connectivity index (χ2v) is 3.24. The molecule has 0 saturated heterocycles. The highest BCUT2D eigenvalue weighted by Crippen LogP contribution is 2.23. The van der Waals surface area contributed by atoms with Crippen molar-refractivity contribution >= 4 is 18.3 Å². The van der Waals surface area contributed by atoms with Gasteiger partial charge >= 0.3 is 0 Å². The quantitative estimate of drug-likeness (QED) is 0.676. The van der Waals surface area contributed by atoms with Crippen molar-refractivity contribution in [1.82, 2.24) is 5.32 Å². The number of nitrogens with one attached hydrogen (secondary N) is 1. The molecule has 0 aromatic rings. The predicted molar refractivity (Wildman–Crippen MR) is 51.2 cm³/mol. The summed E-state index contributed by atoms with van der Waals surface area (Å²) < 4.78 is 0. The number of carbonyl (C=O) groups is 1. The van der Waals surface area contributed by atoms with Crippen molar-refractivity contribution in [2.75, 3.05) is 7.05 Å². The lowest BCUT2D eigenvalue weighted by atomic mass is 9.86. The second kappa shape index (κ2) is 5.38. The lowest BCUT2D eigenvalue weighted by Crippen LogP contribution is -2.34. The molecule has 12 heavy (non-hydrogen) atoms. The van der Waals surface area contributed by atoms with Gasteiger partial charge in [-0.15, -0.1) is 12.4 Å². The van der Waals surface area contributed by atoms with E-state index in [4.69, 9.17) is 5.73 Å². The SMILES string of the molecule is CNC1CCC(C(N)=O)CC1.Cl. The normalized spacial score (nSPS) is 29.1. The van der Waals surface area contributed by atoms with Gasteiger partial charge in [0.15, 0.2) is 0 Å². The van der Waals surface area contributed by atoms with Crippen LogP contribution in [0.25, 0.3) is 0 Å². The molecule has 3 nitrogen and oxygen atoms in total. The number of rotatable bonds is 2. The highest BCUT2D eigenvalue weighted by atomic mass is 35.5. The molecule has 1 fully saturated rings. The van der Waals surface area contributed by atoms with Gasteiger partial charge in [0.25, 0.3) is 0 Å². The Balaban J connectivity index is 0.00000121. The van der Waals surface area contributed by atoms with Crippen LogP contribution in [0.5, 0.6) is 0 Å². The summed E-state index contributed by atoms with van der Waals surface area (Å²) in [7, 11) is 1.97. The van der Waals surface area contributed by atoms with Crippen LogP contribution in [0.3, 0.4) is 0 Å². The van der Waals surface area contributed by atoms with E-state index in [1.54, 1.807) is 0 Å². The molecule has 0 aromatic heterocycles. The number of carbonyl (C=O) groups excluding carboxylic acids is 1. The third kappa shape index (κ3) is 2.99. The van der Waals surface area contributed by atoms with Gasteiger partial charge in [0.05, 0.1) is 0 Å². The van der Waals surface area contributed by atoms with Crippen LogP contribution in [-0.2, 0) is 4.79 Å². The molecule has 0 aromatic carbocycles. The average Bonchev–Trinajstić information content (AvgIpc) is 2.05. The lowest BCUT2D eigenvalue weighted by Gasteiger charge is -2.25. The molecule has 1 amide bonds. The molecule has 0 aliphatic heterocycles. The van der Waals surface area contributed by atoms with Crippen LogP contribution in [-0.4, -0.2) is 19.0 Å². The molecule has 1 saturated carbocycles. The van der Waals surface area contributed by atoms with E-state index in [2.05, 4.69) is 5.32 Å². The maximum absolute atomic E-state index is 10.8. The second-order valence-electron chi connectivity index (χ2n) is 3.24. The summed E-state index contributed by atoms with van der Waals surface area (Å²) in [5, 5.41) is 3.21. The monoisotopic (exact) mass is 192 g/mol. The molecule has 72 valence electrons. The van der Waals surface area contributed by atoms with E-state index in [0.717, 1.165) is 25.7 Å². The van der Waals surface area contributed by atoms with Crippen LogP contribution < -0.4 is 11.1 Å². The van der Waals surface area contributed by atoms with Crippen LogP contribution >= 0.6 is 12.4 Å². The van der Waals surface area contributed by atoms with Crippen LogP contribution in [0.15, 0.2) is 0 Å². The standard InChI is InChI=1S/C8H16N2O.ClH/c1-10-7-4-2-6(3-5-7)8(9)11;/h6-7,10H,2-5H2,1H3,(H2,9,11);1H. The summed E-state index contributed by atoms with van der Waals surface area (Å²) in [6, 6.07) is 0.602. The fraction of sp³-hybridized carbons (Fsp3) is 0.875. The summed E-state index contributed by atoms with van der Waals surface area (Å²) in [4.78, 5) is 10.8. The summed E-state index contributed by atoms with van der Waals surface area (Å²) in [5.41, 5.74) is 5.19. The molecule has 1 aliphatic rings. The summed E-state index contributed by atoms with van der Waals surface area (Å²) >= 11 is 0. The number of primary amides is 1. The van der Waals surface area contributed by atoms with Crippen LogP contribution in [0.4, 0.5) is 0 Å². The fourth-order valence-corrected chi connectivity index (χ4v) is 1.67. The van der Waals surface area contributed by atoms with E-state index in [0.29, 0.717) is 6.04 Å². The third-order valence-electron chi connectivity index (χ3n) is 2.54. The fourth-order valence-electron chi connectivity index (χ4n) is 1.67. The van der Waals surface area contributed by atoms with Crippen LogP contribution in [0, 0.1) is 5.92 Å². The number of nitrogens with two attached hydrogens (primary N) is 1. The Morgan fingerprint density at radius 2 is 1.83 bits per heavy atom. The van der Waals surface area contributed by atoms with E-state index in [1.807, 2.05) is 7.05 Å². The molecule has 0 bridgehead atoms. The molecule has 0 heterocycles. The first kappa shape index (κ1) is 11.7. The number of hydrogen-bond donors (Lipinski definition) is 2. The Morgan fingerprint density at radius 1 is 1.33 bits per heavy atom.